The maximum absolute atomic E-state index is 4.60. The minimum Gasteiger partial charge on any atom is -0.306 e. The SMILES string of the molecule is C[C@@H](NCc1cn(C)nc1C(C)(C)C)c1ccncc1. The maximum atomic E-state index is 4.60. The Balaban J connectivity index is 2.08. The van der Waals surface area contributed by atoms with Crippen LogP contribution in [0.25, 0.3) is 0 Å². The Kier molecular flexibility index (Phi) is 4.23. The first-order valence-electron chi connectivity index (χ1n) is 7.04. The van der Waals surface area contributed by atoms with Crippen molar-refractivity contribution in [3.8, 4) is 0 Å². The minimum atomic E-state index is 0.0676. The lowest BCUT2D eigenvalue weighted by Gasteiger charge is -2.19. The molecular formula is C16H24N4. The van der Waals surface area contributed by atoms with Crippen molar-refractivity contribution in [3.05, 3.63) is 47.5 Å². The summed E-state index contributed by atoms with van der Waals surface area (Å²) in [4.78, 5) is 4.05. The van der Waals surface area contributed by atoms with Gasteiger partial charge in [0.25, 0.3) is 0 Å². The highest BCUT2D eigenvalue weighted by atomic mass is 15.3. The molecule has 108 valence electrons. The summed E-state index contributed by atoms with van der Waals surface area (Å²) in [7, 11) is 1.98. The number of nitrogens with zero attached hydrogens (tertiary/aromatic N) is 3. The van der Waals surface area contributed by atoms with E-state index in [0.29, 0.717) is 6.04 Å². The number of rotatable bonds is 4. The molecule has 2 aromatic rings. The van der Waals surface area contributed by atoms with Gasteiger partial charge in [0.2, 0.25) is 0 Å². The molecule has 4 heteroatoms. The first-order chi connectivity index (χ1) is 9.38. The van der Waals surface area contributed by atoms with Gasteiger partial charge in [-0.05, 0) is 24.6 Å². The average molecular weight is 272 g/mol. The Morgan fingerprint density at radius 2 is 1.90 bits per heavy atom. The number of pyridine rings is 1. The quantitative estimate of drug-likeness (QED) is 0.930. The highest BCUT2D eigenvalue weighted by Gasteiger charge is 2.21. The third-order valence-corrected chi connectivity index (χ3v) is 3.42. The molecule has 0 aliphatic heterocycles. The summed E-state index contributed by atoms with van der Waals surface area (Å²) >= 11 is 0. The monoisotopic (exact) mass is 272 g/mol. The molecule has 0 radical (unpaired) electrons. The van der Waals surface area contributed by atoms with E-state index < -0.39 is 0 Å². The van der Waals surface area contributed by atoms with Crippen molar-refractivity contribution in [2.75, 3.05) is 0 Å². The predicted octanol–water partition coefficient (Wildman–Crippen LogP) is 2.96. The lowest BCUT2D eigenvalue weighted by Crippen LogP contribution is -2.21. The number of hydrogen-bond acceptors (Lipinski definition) is 3. The Bertz CT molecular complexity index is 552. The van der Waals surface area contributed by atoms with Gasteiger partial charge < -0.3 is 5.32 Å². The second-order valence-corrected chi connectivity index (χ2v) is 6.31. The molecule has 1 atom stereocenters. The predicted molar refractivity (Wildman–Crippen MR) is 81.4 cm³/mol. The molecule has 2 rings (SSSR count). The van der Waals surface area contributed by atoms with Crippen molar-refractivity contribution >= 4 is 0 Å². The first-order valence-corrected chi connectivity index (χ1v) is 7.04. The van der Waals surface area contributed by atoms with Crippen molar-refractivity contribution in [2.24, 2.45) is 7.05 Å². The molecule has 4 nitrogen and oxygen atoms in total. The summed E-state index contributed by atoms with van der Waals surface area (Å²) in [5.74, 6) is 0. The van der Waals surface area contributed by atoms with Crippen molar-refractivity contribution in [1.29, 1.82) is 0 Å². The van der Waals surface area contributed by atoms with E-state index in [1.165, 1.54) is 11.1 Å². The zero-order valence-electron chi connectivity index (χ0n) is 13.0. The molecule has 0 bridgehead atoms. The Morgan fingerprint density at radius 3 is 2.50 bits per heavy atom. The second kappa shape index (κ2) is 5.75. The highest BCUT2D eigenvalue weighted by molar-refractivity contribution is 5.24. The van der Waals surface area contributed by atoms with Crippen LogP contribution in [0.1, 0.15) is 50.6 Å². The van der Waals surface area contributed by atoms with Crippen LogP contribution < -0.4 is 5.32 Å². The highest BCUT2D eigenvalue weighted by Crippen LogP contribution is 2.24. The lowest BCUT2D eigenvalue weighted by atomic mass is 9.89. The van der Waals surface area contributed by atoms with Gasteiger partial charge in [0.05, 0.1) is 5.69 Å². The number of aryl methyl sites for hydroxylation is 1. The number of nitrogens with one attached hydrogen (secondary N) is 1. The fraction of sp³-hybridized carbons (Fsp3) is 0.500. The molecule has 0 aromatic carbocycles. The van der Waals surface area contributed by atoms with Crippen LogP contribution in [0.5, 0.6) is 0 Å². The summed E-state index contributed by atoms with van der Waals surface area (Å²) in [6.07, 6.45) is 5.77. The van der Waals surface area contributed by atoms with Gasteiger partial charge in [-0.25, -0.2) is 0 Å². The van der Waals surface area contributed by atoms with E-state index in [0.717, 1.165) is 12.2 Å². The molecule has 0 unspecified atom stereocenters. The van der Waals surface area contributed by atoms with Gasteiger partial charge in [-0.15, -0.1) is 0 Å². The summed E-state index contributed by atoms with van der Waals surface area (Å²) in [6, 6.07) is 4.39. The molecule has 0 amide bonds. The van der Waals surface area contributed by atoms with E-state index >= 15 is 0 Å². The topological polar surface area (TPSA) is 42.7 Å². The fourth-order valence-corrected chi connectivity index (χ4v) is 2.33. The van der Waals surface area contributed by atoms with Crippen LogP contribution >= 0.6 is 0 Å². The van der Waals surface area contributed by atoms with E-state index in [2.05, 4.69) is 49.3 Å². The smallest absolute Gasteiger partial charge is 0.0722 e. The van der Waals surface area contributed by atoms with Crippen LogP contribution in [0, 0.1) is 0 Å². The Morgan fingerprint density at radius 1 is 1.25 bits per heavy atom. The van der Waals surface area contributed by atoms with Crippen LogP contribution in [0.2, 0.25) is 0 Å². The van der Waals surface area contributed by atoms with E-state index in [1.807, 2.05) is 36.3 Å². The zero-order chi connectivity index (χ0) is 14.8. The van der Waals surface area contributed by atoms with E-state index in [9.17, 15) is 0 Å². The van der Waals surface area contributed by atoms with Crippen molar-refractivity contribution in [1.82, 2.24) is 20.1 Å². The zero-order valence-corrected chi connectivity index (χ0v) is 13.0. The summed E-state index contributed by atoms with van der Waals surface area (Å²) in [5.41, 5.74) is 3.74. The van der Waals surface area contributed by atoms with Gasteiger partial charge in [-0.2, -0.15) is 5.10 Å². The van der Waals surface area contributed by atoms with Gasteiger partial charge in [0.1, 0.15) is 0 Å². The fourth-order valence-electron chi connectivity index (χ4n) is 2.33. The summed E-state index contributed by atoms with van der Waals surface area (Å²) in [5, 5.41) is 8.16. The van der Waals surface area contributed by atoms with Crippen LogP contribution in [0.3, 0.4) is 0 Å². The van der Waals surface area contributed by atoms with Crippen molar-refractivity contribution < 1.29 is 0 Å². The van der Waals surface area contributed by atoms with E-state index in [-0.39, 0.29) is 5.41 Å². The van der Waals surface area contributed by atoms with Gasteiger partial charge in [0.15, 0.2) is 0 Å². The molecule has 1 N–H and O–H groups in total. The van der Waals surface area contributed by atoms with Crippen molar-refractivity contribution in [3.63, 3.8) is 0 Å². The lowest BCUT2D eigenvalue weighted by molar-refractivity contribution is 0.531. The van der Waals surface area contributed by atoms with Gasteiger partial charge in [-0.3, -0.25) is 9.67 Å². The molecule has 0 aliphatic rings. The molecular weight excluding hydrogens is 248 g/mol. The van der Waals surface area contributed by atoms with Gasteiger partial charge >= 0.3 is 0 Å². The molecule has 0 saturated carbocycles. The minimum absolute atomic E-state index is 0.0676. The summed E-state index contributed by atoms with van der Waals surface area (Å²) < 4.78 is 1.90. The van der Waals surface area contributed by atoms with E-state index in [1.54, 1.807) is 0 Å². The molecule has 2 aromatic heterocycles. The van der Waals surface area contributed by atoms with Gasteiger partial charge in [0, 0.05) is 49.2 Å². The van der Waals surface area contributed by atoms with Gasteiger partial charge in [-0.1, -0.05) is 20.8 Å². The molecule has 0 spiro atoms. The van der Waals surface area contributed by atoms with Crippen molar-refractivity contribution in [2.45, 2.75) is 45.7 Å². The van der Waals surface area contributed by atoms with Crippen LogP contribution in [0.15, 0.2) is 30.7 Å². The first kappa shape index (κ1) is 14.7. The number of hydrogen-bond donors (Lipinski definition) is 1. The molecule has 0 saturated heterocycles. The Hall–Kier alpha value is -1.68. The molecule has 2 heterocycles. The second-order valence-electron chi connectivity index (χ2n) is 6.31. The third kappa shape index (κ3) is 3.45. The third-order valence-electron chi connectivity index (χ3n) is 3.42. The largest absolute Gasteiger partial charge is 0.306 e. The maximum Gasteiger partial charge on any atom is 0.0722 e. The van der Waals surface area contributed by atoms with E-state index in [4.69, 9.17) is 0 Å². The molecule has 20 heavy (non-hydrogen) atoms. The molecule has 0 fully saturated rings. The molecule has 0 aliphatic carbocycles. The van der Waals surface area contributed by atoms with Crippen LogP contribution in [-0.2, 0) is 19.0 Å². The van der Waals surface area contributed by atoms with Crippen LogP contribution in [0.4, 0.5) is 0 Å². The van der Waals surface area contributed by atoms with Crippen LogP contribution in [-0.4, -0.2) is 14.8 Å². The standard InChI is InChI=1S/C16H24N4/c1-12(13-6-8-17-9-7-13)18-10-14-11-20(5)19-15(14)16(2,3)4/h6-9,11-12,18H,10H2,1-5H3/t12-/m1/s1. The number of aromatic nitrogens is 3. The normalized spacial score (nSPS) is 13.4. The summed E-state index contributed by atoms with van der Waals surface area (Å²) in [6.45, 7) is 9.59. The Labute approximate surface area is 121 Å². The average Bonchev–Trinajstić information content (AvgIpc) is 2.78.